The topological polar surface area (TPSA) is 62.7 Å². The van der Waals surface area contributed by atoms with Crippen LogP contribution < -0.4 is 14.5 Å². The Labute approximate surface area is 199 Å². The molecule has 1 aromatic heterocycles. The molecule has 0 N–H and O–H groups in total. The number of hydrogen-bond donors (Lipinski definition) is 0. The largest absolute Gasteiger partial charge is 0.494 e. The average molecular weight is 482 g/mol. The second kappa shape index (κ2) is 8.12. The number of rotatable bonds is 4. The predicted molar refractivity (Wildman–Crippen MR) is 133 cm³/mol. The molecule has 3 saturated heterocycles. The van der Waals surface area contributed by atoms with Crippen molar-refractivity contribution in [2.75, 3.05) is 54.6 Å². The zero-order valence-electron chi connectivity index (χ0n) is 19.2. The van der Waals surface area contributed by atoms with E-state index in [1.807, 2.05) is 6.07 Å². The first kappa shape index (κ1) is 21.6. The molecule has 178 valence electrons. The molecular formula is C26H28FN3O3S. The van der Waals surface area contributed by atoms with E-state index in [0.717, 1.165) is 35.4 Å². The van der Waals surface area contributed by atoms with Crippen molar-refractivity contribution in [3.05, 3.63) is 48.3 Å². The maximum Gasteiger partial charge on any atom is 0.165 e. The Balaban J connectivity index is 1.41. The first-order valence-electron chi connectivity index (χ1n) is 11.9. The summed E-state index contributed by atoms with van der Waals surface area (Å²) in [6, 6.07) is 13.6. The van der Waals surface area contributed by atoms with Gasteiger partial charge in [-0.15, -0.1) is 0 Å². The number of benzene rings is 2. The lowest BCUT2D eigenvalue weighted by atomic mass is 10.0. The van der Waals surface area contributed by atoms with E-state index in [1.54, 1.807) is 6.07 Å². The van der Waals surface area contributed by atoms with Gasteiger partial charge in [-0.05, 0) is 48.9 Å². The Morgan fingerprint density at radius 1 is 0.971 bits per heavy atom. The van der Waals surface area contributed by atoms with E-state index in [-0.39, 0.29) is 29.1 Å². The number of anilines is 2. The van der Waals surface area contributed by atoms with Crippen LogP contribution in [-0.2, 0) is 9.84 Å². The van der Waals surface area contributed by atoms with Crippen molar-refractivity contribution in [2.45, 2.75) is 12.8 Å². The molecule has 6 rings (SSSR count). The number of halogens is 1. The highest BCUT2D eigenvalue weighted by Crippen LogP contribution is 2.40. The molecule has 8 heteroatoms. The van der Waals surface area contributed by atoms with E-state index in [1.165, 1.54) is 31.7 Å². The van der Waals surface area contributed by atoms with Crippen LogP contribution in [0.25, 0.3) is 22.2 Å². The summed E-state index contributed by atoms with van der Waals surface area (Å²) in [6.45, 7) is 3.50. The molecule has 6 nitrogen and oxygen atoms in total. The number of aromatic nitrogens is 1. The second-order valence-electron chi connectivity index (χ2n) is 9.77. The molecule has 2 aromatic carbocycles. The maximum absolute atomic E-state index is 14.7. The first-order chi connectivity index (χ1) is 16.4. The molecule has 0 saturated carbocycles. The summed E-state index contributed by atoms with van der Waals surface area (Å²) in [5.41, 5.74) is 4.60. The molecule has 2 unspecified atom stereocenters. The molecule has 34 heavy (non-hydrogen) atoms. The minimum absolute atomic E-state index is 0.125. The van der Waals surface area contributed by atoms with Crippen molar-refractivity contribution in [2.24, 2.45) is 11.8 Å². The molecule has 3 aromatic rings. The molecule has 2 atom stereocenters. The highest BCUT2D eigenvalue weighted by molar-refractivity contribution is 7.91. The quantitative estimate of drug-likeness (QED) is 0.559. The number of sulfone groups is 1. The Hall–Kier alpha value is -2.87. The number of fused-ring (bicyclic) bond motifs is 2. The summed E-state index contributed by atoms with van der Waals surface area (Å²) in [5, 5.41) is 0.721. The fraction of sp³-hybridized carbons (Fsp3) is 0.423. The van der Waals surface area contributed by atoms with Crippen LogP contribution in [0.15, 0.2) is 42.5 Å². The van der Waals surface area contributed by atoms with E-state index >= 15 is 0 Å². The third-order valence-electron chi connectivity index (χ3n) is 7.55. The van der Waals surface area contributed by atoms with Gasteiger partial charge in [0.05, 0.1) is 29.8 Å². The molecule has 4 heterocycles. The lowest BCUT2D eigenvalue weighted by molar-refractivity contribution is 0.387. The van der Waals surface area contributed by atoms with Crippen molar-refractivity contribution in [1.82, 2.24) is 4.98 Å². The van der Waals surface area contributed by atoms with Gasteiger partial charge in [-0.3, -0.25) is 0 Å². The third kappa shape index (κ3) is 3.78. The van der Waals surface area contributed by atoms with Gasteiger partial charge in [0, 0.05) is 54.6 Å². The second-order valence-corrected chi connectivity index (χ2v) is 11.9. The van der Waals surface area contributed by atoms with Crippen molar-refractivity contribution < 1.29 is 17.5 Å². The zero-order valence-corrected chi connectivity index (χ0v) is 20.0. The zero-order chi connectivity index (χ0) is 23.4. The maximum atomic E-state index is 14.7. The molecule has 0 aliphatic carbocycles. The summed E-state index contributed by atoms with van der Waals surface area (Å²) in [4.78, 5) is 9.47. The lowest BCUT2D eigenvalue weighted by Crippen LogP contribution is -2.24. The van der Waals surface area contributed by atoms with Crippen LogP contribution in [0.3, 0.4) is 0 Å². The molecule has 3 aliphatic rings. The fourth-order valence-corrected chi connectivity index (χ4v) is 8.02. The van der Waals surface area contributed by atoms with E-state index in [0.29, 0.717) is 18.6 Å². The number of methoxy groups -OCH3 is 1. The van der Waals surface area contributed by atoms with Crippen LogP contribution in [0, 0.1) is 17.7 Å². The van der Waals surface area contributed by atoms with Gasteiger partial charge in [0.15, 0.2) is 21.4 Å². The van der Waals surface area contributed by atoms with Gasteiger partial charge in [-0.2, -0.15) is 0 Å². The average Bonchev–Trinajstić information content (AvgIpc) is 3.54. The Morgan fingerprint density at radius 3 is 2.29 bits per heavy atom. The van der Waals surface area contributed by atoms with Gasteiger partial charge < -0.3 is 14.5 Å². The monoisotopic (exact) mass is 481 g/mol. The van der Waals surface area contributed by atoms with Gasteiger partial charge in [0.2, 0.25) is 0 Å². The van der Waals surface area contributed by atoms with Gasteiger partial charge >= 0.3 is 0 Å². The number of nitrogens with zero attached hydrogens (tertiary/aromatic N) is 3. The van der Waals surface area contributed by atoms with E-state index < -0.39 is 15.7 Å². The Bertz CT molecular complexity index is 1330. The summed E-state index contributed by atoms with van der Waals surface area (Å²) < 4.78 is 44.1. The van der Waals surface area contributed by atoms with Crippen molar-refractivity contribution in [1.29, 1.82) is 0 Å². The molecule has 0 radical (unpaired) electrons. The first-order valence-corrected chi connectivity index (χ1v) is 13.7. The van der Waals surface area contributed by atoms with Gasteiger partial charge in [0.1, 0.15) is 0 Å². The molecule has 0 amide bonds. The van der Waals surface area contributed by atoms with Gasteiger partial charge in [0.25, 0.3) is 0 Å². The Kier molecular flexibility index (Phi) is 5.17. The van der Waals surface area contributed by atoms with Crippen molar-refractivity contribution >= 4 is 32.1 Å². The summed E-state index contributed by atoms with van der Waals surface area (Å²) in [6.07, 6.45) is 2.46. The fourth-order valence-electron chi connectivity index (χ4n) is 5.83. The molecule has 3 aliphatic heterocycles. The SMILES string of the molecule is COc1cc2nc(-c3ccc(N4CCCC4)cc3)cc(N3CC4CS(=O)(=O)CC4C3)c2cc1F. The standard InChI is InChI=1S/C26H28FN3O3S/c1-33-26-12-24-21(10-22(26)27)25(30-13-18-15-34(31,32)16-19(18)14-30)11-23(28-24)17-4-6-20(7-5-17)29-8-2-3-9-29/h4-7,10-12,18-19H,2-3,8-9,13-16H2,1H3. The highest BCUT2D eigenvalue weighted by Gasteiger charge is 2.44. The van der Waals surface area contributed by atoms with Crippen molar-refractivity contribution in [3.8, 4) is 17.0 Å². The van der Waals surface area contributed by atoms with E-state index in [9.17, 15) is 12.8 Å². The van der Waals surface area contributed by atoms with Crippen molar-refractivity contribution in [3.63, 3.8) is 0 Å². The summed E-state index contributed by atoms with van der Waals surface area (Å²) >= 11 is 0. The van der Waals surface area contributed by atoms with Crippen LogP contribution in [0.1, 0.15) is 12.8 Å². The minimum Gasteiger partial charge on any atom is -0.494 e. The lowest BCUT2D eigenvalue weighted by Gasteiger charge is -2.23. The van der Waals surface area contributed by atoms with Gasteiger partial charge in [-0.1, -0.05) is 12.1 Å². The van der Waals surface area contributed by atoms with Crippen LogP contribution in [0.4, 0.5) is 15.8 Å². The third-order valence-corrected chi connectivity index (χ3v) is 9.42. The number of ether oxygens (including phenoxy) is 1. The van der Waals surface area contributed by atoms with Crippen LogP contribution in [-0.4, -0.2) is 58.2 Å². The number of hydrogen-bond acceptors (Lipinski definition) is 6. The molecule has 0 spiro atoms. The van der Waals surface area contributed by atoms with Crippen LogP contribution in [0.5, 0.6) is 5.75 Å². The van der Waals surface area contributed by atoms with Crippen LogP contribution >= 0.6 is 0 Å². The molecule has 0 bridgehead atoms. The minimum atomic E-state index is -2.95. The smallest absolute Gasteiger partial charge is 0.165 e. The molecule has 3 fully saturated rings. The number of pyridine rings is 1. The highest BCUT2D eigenvalue weighted by atomic mass is 32.2. The predicted octanol–water partition coefficient (Wildman–Crippen LogP) is 4.13. The van der Waals surface area contributed by atoms with Gasteiger partial charge in [-0.25, -0.2) is 17.8 Å². The Morgan fingerprint density at radius 2 is 1.65 bits per heavy atom. The summed E-state index contributed by atoms with van der Waals surface area (Å²) in [5.74, 6) is 0.465. The van der Waals surface area contributed by atoms with E-state index in [2.05, 4.69) is 34.1 Å². The normalized spacial score (nSPS) is 23.6. The van der Waals surface area contributed by atoms with Crippen LogP contribution in [0.2, 0.25) is 0 Å². The summed E-state index contributed by atoms with van der Waals surface area (Å²) in [7, 11) is -1.50. The molecular weight excluding hydrogens is 453 g/mol. The van der Waals surface area contributed by atoms with E-state index in [4.69, 9.17) is 9.72 Å².